The van der Waals surface area contributed by atoms with Crippen LogP contribution in [0, 0.1) is 12.3 Å². The van der Waals surface area contributed by atoms with Crippen molar-refractivity contribution >= 4 is 11.8 Å². The maximum Gasteiger partial charge on any atom is 0.188 e. The van der Waals surface area contributed by atoms with Crippen molar-refractivity contribution in [3.8, 4) is 0 Å². The van der Waals surface area contributed by atoms with Crippen LogP contribution >= 0.6 is 11.8 Å². The highest BCUT2D eigenvalue weighted by Crippen LogP contribution is 2.32. The van der Waals surface area contributed by atoms with Crippen molar-refractivity contribution < 1.29 is 0 Å². The summed E-state index contributed by atoms with van der Waals surface area (Å²) < 4.78 is 0. The third-order valence-corrected chi connectivity index (χ3v) is 3.79. The average Bonchev–Trinajstić information content (AvgIpc) is 2.12. The van der Waals surface area contributed by atoms with Crippen LogP contribution in [0.5, 0.6) is 0 Å². The molecular formula is C11H19N3S. The summed E-state index contributed by atoms with van der Waals surface area (Å²) in [5, 5.41) is 1.17. The first-order chi connectivity index (χ1) is 6.93. The van der Waals surface area contributed by atoms with Gasteiger partial charge in [-0.05, 0) is 18.4 Å². The molecule has 0 aliphatic carbocycles. The molecule has 0 spiro atoms. The average molecular weight is 225 g/mol. The molecule has 0 aliphatic rings. The largest absolute Gasteiger partial charge is 0.329 e. The Balaban J connectivity index is 2.76. The molecule has 1 rings (SSSR count). The Bertz CT molecular complexity index is 320. The maximum absolute atomic E-state index is 5.77. The molecule has 0 saturated carbocycles. The van der Waals surface area contributed by atoms with Crippen LogP contribution in [-0.2, 0) is 0 Å². The van der Waals surface area contributed by atoms with Crippen LogP contribution in [0.15, 0.2) is 17.4 Å². The molecule has 1 heterocycles. The van der Waals surface area contributed by atoms with Gasteiger partial charge in [0.2, 0.25) is 0 Å². The zero-order valence-corrected chi connectivity index (χ0v) is 10.6. The fraction of sp³-hybridized carbons (Fsp3) is 0.636. The van der Waals surface area contributed by atoms with Crippen LogP contribution in [0.2, 0.25) is 0 Å². The monoisotopic (exact) mass is 225 g/mol. The normalized spacial score (nSPS) is 13.9. The topological polar surface area (TPSA) is 51.8 Å². The fourth-order valence-electron chi connectivity index (χ4n) is 1.19. The molecule has 0 fully saturated rings. The molecule has 0 amide bonds. The molecule has 0 aliphatic heterocycles. The van der Waals surface area contributed by atoms with Gasteiger partial charge in [0, 0.05) is 23.7 Å². The first kappa shape index (κ1) is 12.5. The van der Waals surface area contributed by atoms with Crippen LogP contribution in [0.25, 0.3) is 0 Å². The highest BCUT2D eigenvalue weighted by molar-refractivity contribution is 7.99. The van der Waals surface area contributed by atoms with Crippen LogP contribution < -0.4 is 5.73 Å². The van der Waals surface area contributed by atoms with Gasteiger partial charge in [-0.15, -0.1) is 0 Å². The third kappa shape index (κ3) is 3.80. The Morgan fingerprint density at radius 2 is 2.13 bits per heavy atom. The maximum atomic E-state index is 5.77. The molecule has 15 heavy (non-hydrogen) atoms. The van der Waals surface area contributed by atoms with Gasteiger partial charge in [-0.1, -0.05) is 32.5 Å². The lowest BCUT2D eigenvalue weighted by atomic mass is 9.92. The van der Waals surface area contributed by atoms with Gasteiger partial charge in [0.15, 0.2) is 5.16 Å². The van der Waals surface area contributed by atoms with Crippen molar-refractivity contribution in [1.29, 1.82) is 0 Å². The number of aromatic nitrogens is 2. The highest BCUT2D eigenvalue weighted by atomic mass is 32.2. The standard InChI is InChI=1S/C11H19N3S/c1-8-5-6-13-10(14-8)15-9(7-12)11(2,3)4/h5-6,9H,7,12H2,1-4H3. The number of nitrogens with zero attached hydrogens (tertiary/aromatic N) is 2. The second kappa shape index (κ2) is 4.94. The van der Waals surface area contributed by atoms with E-state index in [1.807, 2.05) is 13.0 Å². The van der Waals surface area contributed by atoms with E-state index >= 15 is 0 Å². The number of nitrogens with two attached hydrogens (primary N) is 1. The summed E-state index contributed by atoms with van der Waals surface area (Å²) in [6, 6.07) is 1.90. The first-order valence-electron chi connectivity index (χ1n) is 5.10. The molecular weight excluding hydrogens is 206 g/mol. The Kier molecular flexibility index (Phi) is 4.11. The van der Waals surface area contributed by atoms with E-state index in [2.05, 4.69) is 30.7 Å². The van der Waals surface area contributed by atoms with E-state index in [0.29, 0.717) is 11.8 Å². The Labute approximate surface area is 95.9 Å². The number of thioether (sulfide) groups is 1. The molecule has 0 bridgehead atoms. The van der Waals surface area contributed by atoms with Gasteiger partial charge in [-0.25, -0.2) is 9.97 Å². The van der Waals surface area contributed by atoms with Crippen LogP contribution in [0.1, 0.15) is 26.5 Å². The van der Waals surface area contributed by atoms with Gasteiger partial charge < -0.3 is 5.73 Å². The number of hydrogen-bond acceptors (Lipinski definition) is 4. The zero-order chi connectivity index (χ0) is 11.5. The molecule has 1 aromatic heterocycles. The van der Waals surface area contributed by atoms with Gasteiger partial charge >= 0.3 is 0 Å². The lowest BCUT2D eigenvalue weighted by Crippen LogP contribution is -2.31. The summed E-state index contributed by atoms with van der Waals surface area (Å²) in [6.07, 6.45) is 1.79. The van der Waals surface area contributed by atoms with E-state index in [1.54, 1.807) is 18.0 Å². The summed E-state index contributed by atoms with van der Waals surface area (Å²) in [4.78, 5) is 8.61. The summed E-state index contributed by atoms with van der Waals surface area (Å²) in [6.45, 7) is 9.18. The minimum absolute atomic E-state index is 0.173. The molecule has 1 atom stereocenters. The van der Waals surface area contributed by atoms with E-state index in [0.717, 1.165) is 10.9 Å². The van der Waals surface area contributed by atoms with Gasteiger partial charge in [-0.3, -0.25) is 0 Å². The van der Waals surface area contributed by atoms with Gasteiger partial charge in [0.05, 0.1) is 0 Å². The quantitative estimate of drug-likeness (QED) is 0.633. The molecule has 1 aromatic rings. The minimum Gasteiger partial charge on any atom is -0.329 e. The van der Waals surface area contributed by atoms with E-state index in [4.69, 9.17) is 5.73 Å². The Morgan fingerprint density at radius 3 is 2.60 bits per heavy atom. The summed E-state index contributed by atoms with van der Waals surface area (Å²) in [7, 11) is 0. The Morgan fingerprint density at radius 1 is 1.47 bits per heavy atom. The zero-order valence-electron chi connectivity index (χ0n) is 9.82. The van der Waals surface area contributed by atoms with Crippen molar-refractivity contribution in [2.45, 2.75) is 38.1 Å². The van der Waals surface area contributed by atoms with Crippen molar-refractivity contribution in [2.24, 2.45) is 11.1 Å². The predicted molar refractivity (Wildman–Crippen MR) is 64.9 cm³/mol. The van der Waals surface area contributed by atoms with Crippen LogP contribution in [-0.4, -0.2) is 21.8 Å². The molecule has 0 saturated heterocycles. The molecule has 0 aromatic carbocycles. The lowest BCUT2D eigenvalue weighted by Gasteiger charge is -2.28. The minimum atomic E-state index is 0.173. The van der Waals surface area contributed by atoms with Crippen molar-refractivity contribution in [1.82, 2.24) is 9.97 Å². The number of aryl methyl sites for hydroxylation is 1. The van der Waals surface area contributed by atoms with Gasteiger partial charge in [0.1, 0.15) is 0 Å². The van der Waals surface area contributed by atoms with E-state index in [9.17, 15) is 0 Å². The van der Waals surface area contributed by atoms with Crippen molar-refractivity contribution in [3.05, 3.63) is 18.0 Å². The predicted octanol–water partition coefficient (Wildman–Crippen LogP) is 2.25. The molecule has 4 heteroatoms. The van der Waals surface area contributed by atoms with E-state index in [1.165, 1.54) is 0 Å². The molecule has 84 valence electrons. The fourth-order valence-corrected chi connectivity index (χ4v) is 2.21. The van der Waals surface area contributed by atoms with Crippen LogP contribution in [0.3, 0.4) is 0 Å². The SMILES string of the molecule is Cc1ccnc(SC(CN)C(C)(C)C)n1. The first-order valence-corrected chi connectivity index (χ1v) is 5.98. The van der Waals surface area contributed by atoms with Gasteiger partial charge in [-0.2, -0.15) is 0 Å². The van der Waals surface area contributed by atoms with E-state index < -0.39 is 0 Å². The number of rotatable bonds is 3. The number of hydrogen-bond donors (Lipinski definition) is 1. The smallest absolute Gasteiger partial charge is 0.188 e. The van der Waals surface area contributed by atoms with Gasteiger partial charge in [0.25, 0.3) is 0 Å². The summed E-state index contributed by atoms with van der Waals surface area (Å²) >= 11 is 1.66. The molecule has 0 radical (unpaired) electrons. The second-order valence-corrected chi connectivity index (χ2v) is 5.86. The Hall–Kier alpha value is -0.610. The second-order valence-electron chi connectivity index (χ2n) is 4.69. The van der Waals surface area contributed by atoms with E-state index in [-0.39, 0.29) is 5.41 Å². The molecule has 1 unspecified atom stereocenters. The third-order valence-electron chi connectivity index (χ3n) is 2.20. The summed E-state index contributed by atoms with van der Waals surface area (Å²) in [5.74, 6) is 0. The molecule has 2 N–H and O–H groups in total. The lowest BCUT2D eigenvalue weighted by molar-refractivity contribution is 0.398. The molecule has 3 nitrogen and oxygen atoms in total. The summed E-state index contributed by atoms with van der Waals surface area (Å²) in [5.41, 5.74) is 6.94. The van der Waals surface area contributed by atoms with Crippen molar-refractivity contribution in [2.75, 3.05) is 6.54 Å². The van der Waals surface area contributed by atoms with Crippen molar-refractivity contribution in [3.63, 3.8) is 0 Å². The highest BCUT2D eigenvalue weighted by Gasteiger charge is 2.25. The van der Waals surface area contributed by atoms with Crippen LogP contribution in [0.4, 0.5) is 0 Å².